The lowest BCUT2D eigenvalue weighted by atomic mass is 10.1. The van der Waals surface area contributed by atoms with Gasteiger partial charge < -0.3 is 10.6 Å². The number of nitrogens with zero attached hydrogens (tertiary/aromatic N) is 5. The molecule has 7 heteroatoms. The Morgan fingerprint density at radius 2 is 2.05 bits per heavy atom. The van der Waals surface area contributed by atoms with Crippen LogP contribution in [0, 0.1) is 22.7 Å². The normalized spacial score (nSPS) is 11.4. The monoisotopic (exact) mass is 260 g/mol. The van der Waals surface area contributed by atoms with Crippen LogP contribution in [0.25, 0.3) is 0 Å². The second-order valence-electron chi connectivity index (χ2n) is 4.07. The molecule has 0 fully saturated rings. The zero-order valence-electron chi connectivity index (χ0n) is 10.8. The number of nitrogens with two attached hydrogens (primary N) is 1. The molecule has 1 amide bonds. The van der Waals surface area contributed by atoms with Crippen molar-refractivity contribution in [1.29, 1.82) is 10.5 Å². The first-order valence-corrected chi connectivity index (χ1v) is 5.87. The summed E-state index contributed by atoms with van der Waals surface area (Å²) in [6.07, 6.45) is 3.65. The third-order valence-corrected chi connectivity index (χ3v) is 2.65. The summed E-state index contributed by atoms with van der Waals surface area (Å²) in [5.41, 5.74) is 6.50. The minimum absolute atomic E-state index is 0.219. The van der Waals surface area contributed by atoms with Crippen molar-refractivity contribution < 1.29 is 4.79 Å². The van der Waals surface area contributed by atoms with E-state index in [0.29, 0.717) is 5.56 Å². The highest BCUT2D eigenvalue weighted by atomic mass is 16.2. The fourth-order valence-electron chi connectivity index (χ4n) is 1.64. The Morgan fingerprint density at radius 1 is 1.47 bits per heavy atom. The molecule has 0 aromatic carbocycles. The smallest absolute Gasteiger partial charge is 0.244 e. The van der Waals surface area contributed by atoms with E-state index < -0.39 is 6.04 Å². The third-order valence-electron chi connectivity index (χ3n) is 2.65. The Kier molecular flexibility index (Phi) is 5.52. The first kappa shape index (κ1) is 14.7. The fraction of sp³-hybridized carbons (Fsp3) is 0.500. The molecule has 0 aliphatic carbocycles. The molecule has 0 radical (unpaired) electrons. The number of amides is 1. The lowest BCUT2D eigenvalue weighted by molar-refractivity contribution is -0.132. The SMILES string of the molecule is Cn1cc(C(N)C(=O)N(CCC#N)CCC#N)cn1. The van der Waals surface area contributed by atoms with Gasteiger partial charge >= 0.3 is 0 Å². The Labute approximate surface area is 111 Å². The van der Waals surface area contributed by atoms with Gasteiger partial charge in [0.25, 0.3) is 0 Å². The fourth-order valence-corrected chi connectivity index (χ4v) is 1.64. The van der Waals surface area contributed by atoms with Crippen molar-refractivity contribution in [2.75, 3.05) is 13.1 Å². The van der Waals surface area contributed by atoms with E-state index in [2.05, 4.69) is 5.10 Å². The highest BCUT2D eigenvalue weighted by Gasteiger charge is 2.23. The molecule has 0 spiro atoms. The van der Waals surface area contributed by atoms with Crippen LogP contribution in [0.15, 0.2) is 12.4 Å². The first-order chi connectivity index (χ1) is 9.10. The standard InChI is InChI=1S/C12H16N6O/c1-17-9-10(8-16-17)11(15)12(19)18(6-2-4-13)7-3-5-14/h8-9,11H,2-3,6-7,15H2,1H3. The van der Waals surface area contributed by atoms with Gasteiger partial charge in [0.05, 0.1) is 31.2 Å². The highest BCUT2D eigenvalue weighted by molar-refractivity contribution is 5.83. The molecular weight excluding hydrogens is 244 g/mol. The van der Waals surface area contributed by atoms with Gasteiger partial charge in [0.1, 0.15) is 6.04 Å². The number of hydrogen-bond donors (Lipinski definition) is 1. The van der Waals surface area contributed by atoms with E-state index in [-0.39, 0.29) is 31.8 Å². The van der Waals surface area contributed by atoms with Gasteiger partial charge in [0.2, 0.25) is 5.91 Å². The Bertz CT molecular complexity index is 491. The van der Waals surface area contributed by atoms with Crippen molar-refractivity contribution in [3.05, 3.63) is 18.0 Å². The van der Waals surface area contributed by atoms with E-state index in [0.717, 1.165) is 0 Å². The van der Waals surface area contributed by atoms with Crippen LogP contribution in [0.4, 0.5) is 0 Å². The van der Waals surface area contributed by atoms with Gasteiger partial charge in [0.15, 0.2) is 0 Å². The maximum Gasteiger partial charge on any atom is 0.244 e. The number of carbonyl (C=O) groups excluding carboxylic acids is 1. The Hall–Kier alpha value is -2.38. The number of aromatic nitrogens is 2. The lowest BCUT2D eigenvalue weighted by Gasteiger charge is -2.23. The predicted octanol–water partition coefficient (Wildman–Crippen LogP) is 0.0759. The van der Waals surface area contributed by atoms with Crippen molar-refractivity contribution >= 4 is 5.91 Å². The van der Waals surface area contributed by atoms with Gasteiger partial charge in [-0.25, -0.2) is 0 Å². The summed E-state index contributed by atoms with van der Waals surface area (Å²) in [7, 11) is 1.74. The largest absolute Gasteiger partial charge is 0.339 e. The molecule has 0 saturated carbocycles. The summed E-state index contributed by atoms with van der Waals surface area (Å²) < 4.78 is 1.57. The van der Waals surface area contributed by atoms with E-state index in [4.69, 9.17) is 16.3 Å². The molecule has 0 saturated heterocycles. The number of rotatable bonds is 6. The molecular formula is C12H16N6O. The van der Waals surface area contributed by atoms with Gasteiger partial charge in [-0.1, -0.05) is 0 Å². The second-order valence-corrected chi connectivity index (χ2v) is 4.07. The molecule has 1 heterocycles. The van der Waals surface area contributed by atoms with Gasteiger partial charge in [-0.2, -0.15) is 15.6 Å². The average molecular weight is 260 g/mol. The zero-order valence-corrected chi connectivity index (χ0v) is 10.8. The van der Waals surface area contributed by atoms with Crippen LogP contribution in [0.3, 0.4) is 0 Å². The van der Waals surface area contributed by atoms with E-state index in [1.165, 1.54) is 11.1 Å². The van der Waals surface area contributed by atoms with Crippen molar-refractivity contribution in [3.8, 4) is 12.1 Å². The van der Waals surface area contributed by atoms with Crippen LogP contribution in [-0.4, -0.2) is 33.7 Å². The lowest BCUT2D eigenvalue weighted by Crippen LogP contribution is -2.39. The quantitative estimate of drug-likeness (QED) is 0.778. The summed E-state index contributed by atoms with van der Waals surface area (Å²) in [6, 6.07) is 3.14. The van der Waals surface area contributed by atoms with Crippen LogP contribution >= 0.6 is 0 Å². The van der Waals surface area contributed by atoms with Crippen LogP contribution in [-0.2, 0) is 11.8 Å². The van der Waals surface area contributed by atoms with E-state index in [1.54, 1.807) is 17.9 Å². The van der Waals surface area contributed by atoms with Crippen LogP contribution in [0.1, 0.15) is 24.4 Å². The Morgan fingerprint density at radius 3 is 2.47 bits per heavy atom. The molecule has 0 aliphatic heterocycles. The maximum absolute atomic E-state index is 12.2. The topological polar surface area (TPSA) is 112 Å². The summed E-state index contributed by atoms with van der Waals surface area (Å²) in [6.45, 7) is 0.565. The maximum atomic E-state index is 12.2. The number of nitriles is 2. The molecule has 1 atom stereocenters. The van der Waals surface area contributed by atoms with Gasteiger partial charge in [-0.05, 0) is 0 Å². The predicted molar refractivity (Wildman–Crippen MR) is 67.2 cm³/mol. The highest BCUT2D eigenvalue weighted by Crippen LogP contribution is 2.12. The average Bonchev–Trinajstić information content (AvgIpc) is 2.84. The minimum Gasteiger partial charge on any atom is -0.339 e. The zero-order chi connectivity index (χ0) is 14.3. The first-order valence-electron chi connectivity index (χ1n) is 5.87. The van der Waals surface area contributed by atoms with Crippen molar-refractivity contribution in [2.45, 2.75) is 18.9 Å². The molecule has 1 aromatic heterocycles. The number of hydrogen-bond acceptors (Lipinski definition) is 5. The molecule has 2 N–H and O–H groups in total. The minimum atomic E-state index is -0.814. The molecule has 1 unspecified atom stereocenters. The van der Waals surface area contributed by atoms with Gasteiger partial charge in [-0.15, -0.1) is 0 Å². The van der Waals surface area contributed by atoms with Crippen molar-refractivity contribution in [3.63, 3.8) is 0 Å². The molecule has 1 aromatic rings. The van der Waals surface area contributed by atoms with E-state index in [1.807, 2.05) is 12.1 Å². The van der Waals surface area contributed by atoms with E-state index in [9.17, 15) is 4.79 Å². The van der Waals surface area contributed by atoms with Crippen molar-refractivity contribution in [2.24, 2.45) is 12.8 Å². The Balaban J connectivity index is 2.74. The van der Waals surface area contributed by atoms with Crippen LogP contribution in [0.5, 0.6) is 0 Å². The summed E-state index contributed by atoms with van der Waals surface area (Å²) in [5, 5.41) is 21.1. The van der Waals surface area contributed by atoms with E-state index >= 15 is 0 Å². The molecule has 1 rings (SSSR count). The van der Waals surface area contributed by atoms with Gasteiger partial charge in [0, 0.05) is 31.9 Å². The number of carbonyl (C=O) groups is 1. The molecule has 100 valence electrons. The van der Waals surface area contributed by atoms with Crippen LogP contribution in [0.2, 0.25) is 0 Å². The second kappa shape index (κ2) is 7.14. The van der Waals surface area contributed by atoms with Gasteiger partial charge in [-0.3, -0.25) is 9.48 Å². The molecule has 0 bridgehead atoms. The summed E-state index contributed by atoms with van der Waals surface area (Å²) in [5.74, 6) is -0.293. The molecule has 19 heavy (non-hydrogen) atoms. The van der Waals surface area contributed by atoms with Crippen molar-refractivity contribution in [1.82, 2.24) is 14.7 Å². The third kappa shape index (κ3) is 4.09. The molecule has 7 nitrogen and oxygen atoms in total. The molecule has 0 aliphatic rings. The number of aryl methyl sites for hydroxylation is 1. The summed E-state index contributed by atoms with van der Waals surface area (Å²) >= 11 is 0. The van der Waals surface area contributed by atoms with Crippen LogP contribution < -0.4 is 5.73 Å². The summed E-state index contributed by atoms with van der Waals surface area (Å²) in [4.78, 5) is 13.7.